The molecule has 0 unspecified atom stereocenters. The van der Waals surface area contributed by atoms with Crippen LogP contribution in [0.5, 0.6) is 0 Å². The van der Waals surface area contributed by atoms with Crippen molar-refractivity contribution in [3.63, 3.8) is 0 Å². The first-order valence-electron chi connectivity index (χ1n) is 5.96. The number of ether oxygens (including phenoxy) is 1. The van der Waals surface area contributed by atoms with Crippen molar-refractivity contribution in [2.24, 2.45) is 0 Å². The van der Waals surface area contributed by atoms with Crippen LogP contribution in [0.25, 0.3) is 0 Å². The van der Waals surface area contributed by atoms with Gasteiger partial charge in [0.05, 0.1) is 12.7 Å². The maximum absolute atomic E-state index is 5.76. The largest absolute Gasteiger partial charge is 0.377 e. The van der Waals surface area contributed by atoms with Gasteiger partial charge in [0, 0.05) is 6.54 Å². The molecule has 0 bridgehead atoms. The molecule has 1 aliphatic heterocycles. The Hall–Kier alpha value is -0.120. The lowest BCUT2D eigenvalue weighted by molar-refractivity contribution is 0.0349. The molecular weight excluding hydrogens is 176 g/mol. The molecule has 0 aliphatic carbocycles. The van der Waals surface area contributed by atoms with E-state index in [1.54, 1.807) is 0 Å². The predicted octanol–water partition coefficient (Wildman–Crippen LogP) is 1.14. The summed E-state index contributed by atoms with van der Waals surface area (Å²) >= 11 is 0. The Morgan fingerprint density at radius 3 is 2.79 bits per heavy atom. The van der Waals surface area contributed by atoms with Crippen molar-refractivity contribution in [3.05, 3.63) is 0 Å². The Balaban J connectivity index is 1.82. The third-order valence-corrected chi connectivity index (χ3v) is 2.63. The average molecular weight is 200 g/mol. The van der Waals surface area contributed by atoms with E-state index in [4.69, 9.17) is 4.74 Å². The van der Waals surface area contributed by atoms with Gasteiger partial charge in [0.15, 0.2) is 0 Å². The van der Waals surface area contributed by atoms with Crippen molar-refractivity contribution < 1.29 is 4.74 Å². The van der Waals surface area contributed by atoms with Gasteiger partial charge in [-0.3, -0.25) is 0 Å². The molecule has 1 heterocycles. The van der Waals surface area contributed by atoms with E-state index in [1.807, 2.05) is 0 Å². The van der Waals surface area contributed by atoms with Crippen LogP contribution >= 0.6 is 0 Å². The van der Waals surface area contributed by atoms with Gasteiger partial charge in [-0.05, 0) is 38.9 Å². The molecule has 84 valence electrons. The average Bonchev–Trinajstić information content (AvgIpc) is 2.25. The highest BCUT2D eigenvalue weighted by Crippen LogP contribution is 2.06. The van der Waals surface area contributed by atoms with Gasteiger partial charge in [-0.2, -0.15) is 0 Å². The van der Waals surface area contributed by atoms with Gasteiger partial charge in [-0.15, -0.1) is 0 Å². The summed E-state index contributed by atoms with van der Waals surface area (Å²) in [5.74, 6) is 0. The molecule has 1 saturated heterocycles. The van der Waals surface area contributed by atoms with Crippen LogP contribution in [-0.4, -0.2) is 38.9 Å². The molecule has 1 aliphatic rings. The van der Waals surface area contributed by atoms with Crippen molar-refractivity contribution in [1.29, 1.82) is 0 Å². The first kappa shape index (κ1) is 12.0. The number of hydrogen-bond donors (Lipinski definition) is 2. The smallest absolute Gasteiger partial charge is 0.0600 e. The van der Waals surface area contributed by atoms with Gasteiger partial charge >= 0.3 is 0 Å². The molecule has 0 atom stereocenters. The summed E-state index contributed by atoms with van der Waals surface area (Å²) in [6.45, 7) is 7.46. The van der Waals surface area contributed by atoms with E-state index in [1.165, 1.54) is 25.7 Å². The summed E-state index contributed by atoms with van der Waals surface area (Å²) in [5.41, 5.74) is 0. The van der Waals surface area contributed by atoms with Crippen LogP contribution in [0.15, 0.2) is 0 Å². The highest BCUT2D eigenvalue weighted by molar-refractivity contribution is 4.68. The quantitative estimate of drug-likeness (QED) is 0.605. The predicted molar refractivity (Wildman–Crippen MR) is 59.6 cm³/mol. The normalized spacial score (nSPS) is 18.6. The van der Waals surface area contributed by atoms with Crippen LogP contribution in [-0.2, 0) is 4.74 Å². The molecule has 3 heteroatoms. The Labute approximate surface area is 87.6 Å². The molecule has 0 radical (unpaired) electrons. The molecule has 0 spiro atoms. The van der Waals surface area contributed by atoms with Crippen molar-refractivity contribution in [2.75, 3.05) is 32.8 Å². The maximum atomic E-state index is 5.76. The fourth-order valence-electron chi connectivity index (χ4n) is 1.69. The summed E-state index contributed by atoms with van der Waals surface area (Å²) in [6, 6.07) is 0. The lowest BCUT2D eigenvalue weighted by atomic mass is 10.1. The Bertz CT molecular complexity index is 124. The van der Waals surface area contributed by atoms with E-state index in [2.05, 4.69) is 17.6 Å². The van der Waals surface area contributed by atoms with E-state index < -0.39 is 0 Å². The Kier molecular flexibility index (Phi) is 7.01. The number of rotatable bonds is 7. The number of piperidine rings is 1. The second-order valence-corrected chi connectivity index (χ2v) is 3.92. The zero-order valence-corrected chi connectivity index (χ0v) is 9.35. The van der Waals surface area contributed by atoms with Crippen molar-refractivity contribution >= 4 is 0 Å². The summed E-state index contributed by atoms with van der Waals surface area (Å²) in [7, 11) is 0. The van der Waals surface area contributed by atoms with E-state index >= 15 is 0 Å². The van der Waals surface area contributed by atoms with Gasteiger partial charge in [-0.25, -0.2) is 0 Å². The Morgan fingerprint density at radius 1 is 1.29 bits per heavy atom. The molecule has 1 rings (SSSR count). The summed E-state index contributed by atoms with van der Waals surface area (Å²) in [5, 5.41) is 6.72. The molecule has 0 amide bonds. The molecule has 0 saturated carbocycles. The first-order chi connectivity index (χ1) is 6.93. The van der Waals surface area contributed by atoms with Gasteiger partial charge in [0.2, 0.25) is 0 Å². The molecular formula is C11H24N2O. The molecule has 2 N–H and O–H groups in total. The van der Waals surface area contributed by atoms with E-state index in [-0.39, 0.29) is 0 Å². The zero-order valence-electron chi connectivity index (χ0n) is 9.35. The molecule has 3 nitrogen and oxygen atoms in total. The van der Waals surface area contributed by atoms with Gasteiger partial charge in [-0.1, -0.05) is 13.3 Å². The summed E-state index contributed by atoms with van der Waals surface area (Å²) < 4.78 is 5.76. The van der Waals surface area contributed by atoms with Crippen molar-refractivity contribution in [1.82, 2.24) is 10.6 Å². The second-order valence-electron chi connectivity index (χ2n) is 3.92. The summed E-state index contributed by atoms with van der Waals surface area (Å²) in [4.78, 5) is 0. The minimum absolute atomic E-state index is 0.504. The van der Waals surface area contributed by atoms with Crippen molar-refractivity contribution in [3.8, 4) is 0 Å². The molecule has 14 heavy (non-hydrogen) atoms. The van der Waals surface area contributed by atoms with Crippen LogP contribution < -0.4 is 10.6 Å². The van der Waals surface area contributed by atoms with Crippen LogP contribution in [0.1, 0.15) is 32.6 Å². The van der Waals surface area contributed by atoms with E-state index in [0.29, 0.717) is 6.10 Å². The summed E-state index contributed by atoms with van der Waals surface area (Å²) in [6.07, 6.45) is 5.39. The standard InChI is InChI=1S/C11H24N2O/c1-2-3-6-12-9-10-14-11-4-7-13-8-5-11/h11-13H,2-10H2,1H3. The van der Waals surface area contributed by atoms with Crippen molar-refractivity contribution in [2.45, 2.75) is 38.7 Å². The third-order valence-electron chi connectivity index (χ3n) is 2.63. The molecule has 0 aromatic carbocycles. The minimum atomic E-state index is 0.504. The molecule has 0 aromatic rings. The van der Waals surface area contributed by atoms with Gasteiger partial charge in [0.25, 0.3) is 0 Å². The zero-order chi connectivity index (χ0) is 10.1. The van der Waals surface area contributed by atoms with Crippen LogP contribution in [0.2, 0.25) is 0 Å². The van der Waals surface area contributed by atoms with Crippen LogP contribution in [0.3, 0.4) is 0 Å². The monoisotopic (exact) mass is 200 g/mol. The highest BCUT2D eigenvalue weighted by Gasteiger charge is 2.12. The lowest BCUT2D eigenvalue weighted by Crippen LogP contribution is -2.34. The van der Waals surface area contributed by atoms with Gasteiger partial charge in [0.1, 0.15) is 0 Å². The number of nitrogens with one attached hydrogen (secondary N) is 2. The molecule has 1 fully saturated rings. The van der Waals surface area contributed by atoms with E-state index in [9.17, 15) is 0 Å². The van der Waals surface area contributed by atoms with Crippen LogP contribution in [0.4, 0.5) is 0 Å². The third kappa shape index (κ3) is 5.58. The first-order valence-corrected chi connectivity index (χ1v) is 5.96. The fraction of sp³-hybridized carbons (Fsp3) is 1.00. The highest BCUT2D eigenvalue weighted by atomic mass is 16.5. The lowest BCUT2D eigenvalue weighted by Gasteiger charge is -2.22. The van der Waals surface area contributed by atoms with E-state index in [0.717, 1.165) is 32.8 Å². The number of hydrogen-bond acceptors (Lipinski definition) is 3. The minimum Gasteiger partial charge on any atom is -0.377 e. The second kappa shape index (κ2) is 8.21. The van der Waals surface area contributed by atoms with Crippen LogP contribution in [0, 0.1) is 0 Å². The van der Waals surface area contributed by atoms with Gasteiger partial charge < -0.3 is 15.4 Å². The fourth-order valence-corrected chi connectivity index (χ4v) is 1.69. The molecule has 0 aromatic heterocycles. The number of unbranched alkanes of at least 4 members (excludes halogenated alkanes) is 1. The topological polar surface area (TPSA) is 33.3 Å². The Morgan fingerprint density at radius 2 is 2.07 bits per heavy atom. The maximum Gasteiger partial charge on any atom is 0.0600 e. The SMILES string of the molecule is CCCCNCCOC1CCNCC1.